The van der Waals surface area contributed by atoms with E-state index in [0.717, 1.165) is 4.57 Å². The molecular weight excluding hydrogens is 367 g/mol. The molecule has 0 spiro atoms. The van der Waals surface area contributed by atoms with Crippen molar-refractivity contribution in [2.75, 3.05) is 0 Å². The molecule has 0 amide bonds. The van der Waals surface area contributed by atoms with Gasteiger partial charge in [0.05, 0.1) is 22.7 Å². The van der Waals surface area contributed by atoms with Crippen LogP contribution < -0.4 is 5.56 Å². The van der Waals surface area contributed by atoms with E-state index >= 15 is 0 Å². The van der Waals surface area contributed by atoms with Gasteiger partial charge >= 0.3 is 0 Å². The Balaban J connectivity index is 2.65. The molecule has 0 aliphatic heterocycles. The summed E-state index contributed by atoms with van der Waals surface area (Å²) in [6.07, 6.45) is -0.912. The zero-order valence-corrected chi connectivity index (χ0v) is 14.9. The number of pyridine rings is 1. The van der Waals surface area contributed by atoms with Crippen molar-refractivity contribution in [3.05, 3.63) is 49.7 Å². The zero-order chi connectivity index (χ0) is 18.7. The first kappa shape index (κ1) is 18.9. The van der Waals surface area contributed by atoms with Crippen LogP contribution in [0.5, 0.6) is 5.88 Å². The average Bonchev–Trinajstić information content (AvgIpc) is 2.55. The Hall–Kier alpha value is -2.40. The Morgan fingerprint density at radius 3 is 2.64 bits per heavy atom. The molecule has 7 nitrogen and oxygen atoms in total. The van der Waals surface area contributed by atoms with Crippen molar-refractivity contribution in [1.82, 2.24) is 4.57 Å². The van der Waals surface area contributed by atoms with Crippen LogP contribution in [0.15, 0.2) is 33.2 Å². The second kappa shape index (κ2) is 7.66. The van der Waals surface area contributed by atoms with Crippen molar-refractivity contribution in [1.29, 1.82) is 5.26 Å². The number of azo groups is 1. The first-order chi connectivity index (χ1) is 11.8. The number of aliphatic hydroxyl groups is 1. The van der Waals surface area contributed by atoms with Crippen LogP contribution in [0, 0.1) is 18.3 Å². The highest BCUT2D eigenvalue weighted by molar-refractivity contribution is 6.43. The van der Waals surface area contributed by atoms with E-state index in [0.29, 0.717) is 0 Å². The third kappa shape index (κ3) is 3.82. The molecule has 2 rings (SSSR count). The number of hydrogen-bond acceptors (Lipinski definition) is 6. The first-order valence-corrected chi connectivity index (χ1v) is 7.93. The van der Waals surface area contributed by atoms with E-state index in [2.05, 4.69) is 10.2 Å². The van der Waals surface area contributed by atoms with Crippen molar-refractivity contribution in [3.8, 4) is 11.9 Å². The van der Waals surface area contributed by atoms with Gasteiger partial charge in [-0.05, 0) is 26.0 Å². The van der Waals surface area contributed by atoms with Gasteiger partial charge in [-0.15, -0.1) is 10.2 Å². The topological polar surface area (TPSA) is 111 Å². The summed E-state index contributed by atoms with van der Waals surface area (Å²) in [7, 11) is 0. The quantitative estimate of drug-likeness (QED) is 0.784. The first-order valence-electron chi connectivity index (χ1n) is 7.18. The maximum Gasteiger partial charge on any atom is 0.281 e. The summed E-state index contributed by atoms with van der Waals surface area (Å²) in [4.78, 5) is 12.6. The van der Waals surface area contributed by atoms with E-state index in [-0.39, 0.29) is 39.1 Å². The monoisotopic (exact) mass is 380 g/mol. The molecule has 9 heteroatoms. The van der Waals surface area contributed by atoms with E-state index in [1.807, 2.05) is 6.07 Å². The Morgan fingerprint density at radius 1 is 1.36 bits per heavy atom. The second-order valence-corrected chi connectivity index (χ2v) is 6.11. The number of aromatic hydroxyl groups is 1. The van der Waals surface area contributed by atoms with Crippen molar-refractivity contribution in [2.24, 2.45) is 10.2 Å². The Kier molecular flexibility index (Phi) is 5.80. The lowest BCUT2D eigenvalue weighted by Crippen LogP contribution is -2.26. The zero-order valence-electron chi connectivity index (χ0n) is 13.4. The minimum Gasteiger partial charge on any atom is -0.493 e. The molecule has 0 saturated carbocycles. The third-order valence-corrected chi connectivity index (χ3v) is 4.21. The van der Waals surface area contributed by atoms with Crippen LogP contribution in [0.2, 0.25) is 10.0 Å². The number of aliphatic hydroxyl groups excluding tert-OH is 1. The molecule has 0 radical (unpaired) electrons. The van der Waals surface area contributed by atoms with Crippen LogP contribution in [0.4, 0.5) is 11.4 Å². The van der Waals surface area contributed by atoms with E-state index in [4.69, 9.17) is 23.2 Å². The maximum atomic E-state index is 12.6. The van der Waals surface area contributed by atoms with E-state index in [1.165, 1.54) is 13.8 Å². The van der Waals surface area contributed by atoms with E-state index < -0.39 is 17.5 Å². The van der Waals surface area contributed by atoms with Crippen LogP contribution >= 0.6 is 23.2 Å². The molecule has 1 aromatic heterocycles. The number of rotatable bonds is 4. The molecule has 0 saturated heterocycles. The van der Waals surface area contributed by atoms with Crippen molar-refractivity contribution < 1.29 is 10.2 Å². The predicted molar refractivity (Wildman–Crippen MR) is 94.1 cm³/mol. The molecule has 0 aliphatic carbocycles. The molecule has 1 heterocycles. The van der Waals surface area contributed by atoms with Crippen molar-refractivity contribution in [3.63, 3.8) is 0 Å². The lowest BCUT2D eigenvalue weighted by Gasteiger charge is -2.14. The smallest absolute Gasteiger partial charge is 0.281 e. The van der Waals surface area contributed by atoms with Gasteiger partial charge < -0.3 is 10.2 Å². The third-order valence-electron chi connectivity index (χ3n) is 3.40. The van der Waals surface area contributed by atoms with Gasteiger partial charge in [-0.3, -0.25) is 9.36 Å². The number of nitrogens with zero attached hydrogens (tertiary/aromatic N) is 4. The lowest BCUT2D eigenvalue weighted by molar-refractivity contribution is 0.167. The fraction of sp³-hybridized carbons (Fsp3) is 0.250. The van der Waals surface area contributed by atoms with Gasteiger partial charge in [-0.2, -0.15) is 5.26 Å². The molecule has 1 unspecified atom stereocenters. The summed E-state index contributed by atoms with van der Waals surface area (Å²) < 4.78 is 0.879. The van der Waals surface area contributed by atoms with Crippen molar-refractivity contribution >= 4 is 34.6 Å². The SMILES string of the molecule is Cc1c(C#N)c(O)n(CC(C)O)c(=O)c1N=Nc1cccc(Cl)c1Cl. The highest BCUT2D eigenvalue weighted by Gasteiger charge is 2.20. The van der Waals surface area contributed by atoms with Crippen LogP contribution in [-0.4, -0.2) is 20.9 Å². The maximum absolute atomic E-state index is 12.6. The minimum absolute atomic E-state index is 0.119. The summed E-state index contributed by atoms with van der Waals surface area (Å²) >= 11 is 11.9. The molecule has 2 aromatic rings. The molecular formula is C16H14Cl2N4O3. The van der Waals surface area contributed by atoms with Gasteiger partial charge in [-0.25, -0.2) is 0 Å². The number of benzene rings is 1. The fourth-order valence-corrected chi connectivity index (χ4v) is 2.50. The molecule has 2 N–H and O–H groups in total. The Bertz CT molecular complexity index is 946. The van der Waals surface area contributed by atoms with Gasteiger partial charge in [0.15, 0.2) is 5.69 Å². The Labute approximate surface area is 153 Å². The lowest BCUT2D eigenvalue weighted by atomic mass is 10.1. The largest absolute Gasteiger partial charge is 0.493 e. The number of halogens is 2. The highest BCUT2D eigenvalue weighted by Crippen LogP contribution is 2.33. The van der Waals surface area contributed by atoms with Gasteiger partial charge in [0.1, 0.15) is 17.3 Å². The number of hydrogen-bond donors (Lipinski definition) is 2. The van der Waals surface area contributed by atoms with E-state index in [1.54, 1.807) is 18.2 Å². The normalized spacial score (nSPS) is 12.3. The van der Waals surface area contributed by atoms with Crippen LogP contribution in [0.1, 0.15) is 18.1 Å². The molecule has 0 fully saturated rings. The summed E-state index contributed by atoms with van der Waals surface area (Å²) in [6, 6.07) is 6.59. The second-order valence-electron chi connectivity index (χ2n) is 5.32. The fourth-order valence-electron chi connectivity index (χ4n) is 2.16. The molecule has 1 aromatic carbocycles. The van der Waals surface area contributed by atoms with Gasteiger partial charge in [0, 0.05) is 5.56 Å². The minimum atomic E-state index is -0.912. The van der Waals surface area contributed by atoms with Gasteiger partial charge in [-0.1, -0.05) is 29.3 Å². The summed E-state index contributed by atoms with van der Waals surface area (Å²) in [6.45, 7) is 2.73. The summed E-state index contributed by atoms with van der Waals surface area (Å²) in [5, 5.41) is 37.1. The molecule has 130 valence electrons. The molecule has 0 bridgehead atoms. The van der Waals surface area contributed by atoms with Crippen LogP contribution in [0.25, 0.3) is 0 Å². The summed E-state index contributed by atoms with van der Waals surface area (Å²) in [5.74, 6) is -0.523. The van der Waals surface area contributed by atoms with Gasteiger partial charge in [0.2, 0.25) is 5.88 Å². The predicted octanol–water partition coefficient (Wildman–Crippen LogP) is 3.84. The standard InChI is InChI=1S/C16H14Cl2N4O3/c1-8(23)7-22-15(24)10(6-19)9(2)14(16(22)25)21-20-12-5-3-4-11(17)13(12)18/h3-5,8,23-24H,7H2,1-2H3. The van der Waals surface area contributed by atoms with Crippen LogP contribution in [-0.2, 0) is 6.54 Å². The molecule has 1 atom stereocenters. The Morgan fingerprint density at radius 2 is 2.04 bits per heavy atom. The highest BCUT2D eigenvalue weighted by atomic mass is 35.5. The van der Waals surface area contributed by atoms with Crippen LogP contribution in [0.3, 0.4) is 0 Å². The number of nitriles is 1. The van der Waals surface area contributed by atoms with Gasteiger partial charge in [0.25, 0.3) is 5.56 Å². The van der Waals surface area contributed by atoms with Crippen molar-refractivity contribution in [2.45, 2.75) is 26.5 Å². The number of aromatic nitrogens is 1. The van der Waals surface area contributed by atoms with E-state index in [9.17, 15) is 20.3 Å². The average molecular weight is 381 g/mol. The molecule has 0 aliphatic rings. The molecule has 25 heavy (non-hydrogen) atoms. The summed E-state index contributed by atoms with van der Waals surface area (Å²) in [5.41, 5.74) is -0.510.